The molecule has 2 aliphatic carbocycles. The maximum atomic E-state index is 13.3. The fraction of sp³-hybridized carbons (Fsp3) is 0.769. The van der Waals surface area contributed by atoms with Crippen molar-refractivity contribution in [3.63, 3.8) is 0 Å². The van der Waals surface area contributed by atoms with Gasteiger partial charge in [-0.25, -0.2) is 0 Å². The topological polar surface area (TPSA) is 70.1 Å². The molecule has 2 aliphatic heterocycles. The number of rotatable bonds is 4. The number of likely N-dealkylation sites (tertiary alicyclic amines) is 1. The van der Waals surface area contributed by atoms with Crippen LogP contribution < -0.4 is 0 Å². The number of likely N-dealkylation sites (N-methyl/N-ethyl adjacent to an activating group) is 1. The average Bonchev–Trinajstić information content (AvgIpc) is 3.24. The monoisotopic (exact) mass is 429 g/mol. The zero-order chi connectivity index (χ0) is 22.8. The summed E-state index contributed by atoms with van der Waals surface area (Å²) in [5.74, 6) is 1.07. The maximum absolute atomic E-state index is 13.3. The van der Waals surface area contributed by atoms with Crippen LogP contribution >= 0.6 is 0 Å². The molecular weight excluding hydrogens is 390 g/mol. The van der Waals surface area contributed by atoms with E-state index in [0.717, 1.165) is 12.8 Å². The predicted molar refractivity (Wildman–Crippen MR) is 120 cm³/mol. The fourth-order valence-electron chi connectivity index (χ4n) is 6.86. The van der Waals surface area contributed by atoms with Crippen molar-refractivity contribution in [2.45, 2.75) is 78.6 Å². The largest absolute Gasteiger partial charge is 0.511 e. The molecule has 2 heterocycles. The van der Waals surface area contributed by atoms with Gasteiger partial charge in [-0.15, -0.1) is 0 Å². The van der Waals surface area contributed by atoms with E-state index in [1.807, 2.05) is 0 Å². The van der Waals surface area contributed by atoms with E-state index in [1.54, 1.807) is 7.05 Å². The lowest BCUT2D eigenvalue weighted by molar-refractivity contribution is -0.125. The predicted octanol–water partition coefficient (Wildman–Crippen LogP) is 4.53. The number of hydrogen-bond donors (Lipinski definition) is 1. The summed E-state index contributed by atoms with van der Waals surface area (Å²) in [6.45, 7) is 12.8. The minimum absolute atomic E-state index is 0.0165. The van der Waals surface area contributed by atoms with Gasteiger partial charge in [-0.2, -0.15) is 0 Å². The molecule has 1 saturated carbocycles. The Labute approximate surface area is 186 Å². The molecule has 1 amide bonds. The second-order valence-electron chi connectivity index (χ2n) is 11.4. The highest BCUT2D eigenvalue weighted by Crippen LogP contribution is 2.57. The number of Topliss-reactive ketones (excluding diaryl/α,β-unsaturated/α-hetero) is 1. The van der Waals surface area contributed by atoms with Crippen molar-refractivity contribution in [2.24, 2.45) is 41.4 Å². The second-order valence-corrected chi connectivity index (χ2v) is 11.4. The molecule has 31 heavy (non-hydrogen) atoms. The van der Waals surface area contributed by atoms with Gasteiger partial charge >= 0.3 is 0 Å². The van der Waals surface area contributed by atoms with Crippen LogP contribution in [0.1, 0.15) is 60.8 Å². The third-order valence-electron chi connectivity index (χ3n) is 8.63. The van der Waals surface area contributed by atoms with Crippen LogP contribution in [0.2, 0.25) is 0 Å². The first-order valence-electron chi connectivity index (χ1n) is 12.1. The van der Waals surface area contributed by atoms with E-state index in [0.29, 0.717) is 30.1 Å². The molecule has 2 saturated heterocycles. The second kappa shape index (κ2) is 7.75. The number of carbonyl (C=O) groups excluding carboxylic acids is 2. The van der Waals surface area contributed by atoms with Crippen LogP contribution in [0.25, 0.3) is 0 Å². The van der Waals surface area contributed by atoms with Crippen LogP contribution in [-0.4, -0.2) is 46.5 Å². The third kappa shape index (κ3) is 3.57. The molecule has 4 aliphatic rings. The molecule has 9 unspecified atom stereocenters. The standard InChI is InChI=1S/C26H39NO4/c1-13(2)10-19-23(28)22(25(30)27(19)7)24(29)21-18(26(6)16(5)31-26)9-8-17-12-14(3)11-15(4)20(17)21/h8-9,13-21,29H,10-12H2,1-7H3/b24-22-. The highest BCUT2D eigenvalue weighted by Gasteiger charge is 2.61. The number of aliphatic hydroxyl groups excluding tert-OH is 1. The average molecular weight is 430 g/mol. The summed E-state index contributed by atoms with van der Waals surface area (Å²) in [5, 5.41) is 11.7. The molecule has 172 valence electrons. The first-order chi connectivity index (χ1) is 14.5. The smallest absolute Gasteiger partial charge is 0.261 e. The number of amides is 1. The quantitative estimate of drug-likeness (QED) is 0.234. The van der Waals surface area contributed by atoms with Gasteiger partial charge in [-0.1, -0.05) is 39.8 Å². The molecule has 0 aromatic carbocycles. The molecule has 1 N–H and O–H groups in total. The van der Waals surface area contributed by atoms with Gasteiger partial charge in [0.1, 0.15) is 11.3 Å². The summed E-state index contributed by atoms with van der Waals surface area (Å²) in [6.07, 6.45) is 7.43. The van der Waals surface area contributed by atoms with E-state index in [9.17, 15) is 14.7 Å². The van der Waals surface area contributed by atoms with Gasteiger partial charge in [-0.3, -0.25) is 9.59 Å². The van der Waals surface area contributed by atoms with Crippen LogP contribution in [0.15, 0.2) is 23.5 Å². The van der Waals surface area contributed by atoms with Crippen molar-refractivity contribution in [1.82, 2.24) is 4.90 Å². The lowest BCUT2D eigenvalue weighted by Crippen LogP contribution is -2.45. The van der Waals surface area contributed by atoms with Crippen molar-refractivity contribution < 1.29 is 19.4 Å². The summed E-state index contributed by atoms with van der Waals surface area (Å²) in [4.78, 5) is 28.0. The first-order valence-corrected chi connectivity index (χ1v) is 12.1. The molecule has 5 heteroatoms. The Morgan fingerprint density at radius 1 is 1.23 bits per heavy atom. The molecule has 4 rings (SSSR count). The lowest BCUT2D eigenvalue weighted by Gasteiger charge is -2.48. The summed E-state index contributed by atoms with van der Waals surface area (Å²) < 4.78 is 6.01. The van der Waals surface area contributed by atoms with Crippen LogP contribution in [0.3, 0.4) is 0 Å². The number of aliphatic hydroxyl groups is 1. The number of fused-ring (bicyclic) bond motifs is 1. The van der Waals surface area contributed by atoms with Crippen molar-refractivity contribution >= 4 is 11.7 Å². The van der Waals surface area contributed by atoms with E-state index in [2.05, 4.69) is 53.7 Å². The highest BCUT2D eigenvalue weighted by molar-refractivity contribution is 6.26. The minimum atomic E-state index is -0.478. The van der Waals surface area contributed by atoms with Gasteiger partial charge in [-0.05, 0) is 62.7 Å². The summed E-state index contributed by atoms with van der Waals surface area (Å²) in [7, 11) is 1.69. The molecule has 0 bridgehead atoms. The van der Waals surface area contributed by atoms with E-state index < -0.39 is 6.04 Å². The maximum Gasteiger partial charge on any atom is 0.261 e. The Morgan fingerprint density at radius 2 is 1.87 bits per heavy atom. The minimum Gasteiger partial charge on any atom is -0.511 e. The van der Waals surface area contributed by atoms with Gasteiger partial charge in [0, 0.05) is 18.9 Å². The number of nitrogens with zero attached hydrogens (tertiary/aromatic N) is 1. The van der Waals surface area contributed by atoms with Crippen LogP contribution in [0.4, 0.5) is 0 Å². The van der Waals surface area contributed by atoms with Gasteiger partial charge in [0.15, 0.2) is 5.78 Å². The lowest BCUT2D eigenvalue weighted by atomic mass is 9.56. The van der Waals surface area contributed by atoms with Crippen LogP contribution in [0.5, 0.6) is 0 Å². The Bertz CT molecular complexity index is 829. The molecule has 0 aromatic rings. The molecule has 0 spiro atoms. The molecule has 9 atom stereocenters. The first kappa shape index (κ1) is 22.6. The van der Waals surface area contributed by atoms with E-state index >= 15 is 0 Å². The van der Waals surface area contributed by atoms with E-state index in [1.165, 1.54) is 4.90 Å². The summed E-state index contributed by atoms with van der Waals surface area (Å²) >= 11 is 0. The van der Waals surface area contributed by atoms with Crippen molar-refractivity contribution in [1.29, 1.82) is 0 Å². The summed E-state index contributed by atoms with van der Waals surface area (Å²) in [5.41, 5.74) is -0.336. The van der Waals surface area contributed by atoms with E-state index in [-0.39, 0.29) is 52.5 Å². The van der Waals surface area contributed by atoms with Gasteiger partial charge in [0.05, 0.1) is 17.7 Å². The third-order valence-corrected chi connectivity index (χ3v) is 8.63. The number of carbonyl (C=O) groups is 2. The van der Waals surface area contributed by atoms with Gasteiger partial charge in [0.25, 0.3) is 5.91 Å². The number of hydrogen-bond acceptors (Lipinski definition) is 4. The highest BCUT2D eigenvalue weighted by atomic mass is 16.6. The number of epoxide rings is 1. The van der Waals surface area contributed by atoms with Crippen molar-refractivity contribution in [2.75, 3.05) is 7.05 Å². The molecular formula is C26H39NO4. The van der Waals surface area contributed by atoms with Crippen molar-refractivity contribution in [3.8, 4) is 0 Å². The van der Waals surface area contributed by atoms with Gasteiger partial charge in [0.2, 0.25) is 0 Å². The molecule has 5 nitrogen and oxygen atoms in total. The Balaban J connectivity index is 1.79. The van der Waals surface area contributed by atoms with Crippen LogP contribution in [-0.2, 0) is 14.3 Å². The number of ether oxygens (including phenoxy) is 1. The zero-order valence-electron chi connectivity index (χ0n) is 20.1. The number of ketones is 1. The van der Waals surface area contributed by atoms with E-state index in [4.69, 9.17) is 4.74 Å². The summed E-state index contributed by atoms with van der Waals surface area (Å²) in [6, 6.07) is -0.478. The molecule has 3 fully saturated rings. The van der Waals surface area contributed by atoms with Gasteiger partial charge < -0.3 is 14.7 Å². The zero-order valence-corrected chi connectivity index (χ0v) is 20.1. The van der Waals surface area contributed by atoms with Crippen LogP contribution in [0, 0.1) is 41.4 Å². The SMILES string of the molecule is CC(C)CC1C(=O)/C(=C(/O)C2C3C(C)CC(C)CC3C=CC2C2(C)OC2C)C(=O)N1C. The fourth-order valence-corrected chi connectivity index (χ4v) is 6.86. The number of allylic oxidation sites excluding steroid dienone is 2. The normalized spacial score (nSPS) is 46.5. The Morgan fingerprint density at radius 3 is 2.45 bits per heavy atom. The Kier molecular flexibility index (Phi) is 5.65. The van der Waals surface area contributed by atoms with Crippen molar-refractivity contribution in [3.05, 3.63) is 23.5 Å². The molecule has 0 radical (unpaired) electrons. The Hall–Kier alpha value is -1.62. The molecule has 0 aromatic heterocycles.